The minimum absolute atomic E-state index is 0.101. The van der Waals surface area contributed by atoms with Crippen molar-refractivity contribution >= 4 is 44.7 Å². The maximum Gasteiger partial charge on any atom is 0.244 e. The van der Waals surface area contributed by atoms with E-state index in [9.17, 15) is 4.79 Å². The van der Waals surface area contributed by atoms with Crippen LogP contribution >= 0.6 is 28.1 Å². The molecule has 1 fully saturated rings. The molecule has 6 heteroatoms. The number of likely N-dealkylation sites (N-methyl/N-ethyl adjacent to an activating group) is 1. The maximum absolute atomic E-state index is 11.9. The molecule has 0 radical (unpaired) electrons. The largest absolute Gasteiger partial charge is 0.389 e. The predicted molar refractivity (Wildman–Crippen MR) is 79.7 cm³/mol. The lowest BCUT2D eigenvalue weighted by Crippen LogP contribution is -2.31. The minimum atomic E-state index is -0.197. The number of benzene rings is 1. The summed E-state index contributed by atoms with van der Waals surface area (Å²) in [6, 6.07) is 5.41. The van der Waals surface area contributed by atoms with Crippen molar-refractivity contribution in [1.82, 2.24) is 4.90 Å². The molecular formula is C12H14BrN3OS. The number of hydrogen-bond acceptors (Lipinski definition) is 3. The highest BCUT2D eigenvalue weighted by molar-refractivity contribution is 9.10. The number of nitrogens with two attached hydrogens (primary N) is 1. The van der Waals surface area contributed by atoms with Crippen LogP contribution in [0.25, 0.3) is 0 Å². The summed E-state index contributed by atoms with van der Waals surface area (Å²) < 4.78 is 0.920. The van der Waals surface area contributed by atoms with Crippen molar-refractivity contribution in [3.05, 3.63) is 28.2 Å². The second kappa shape index (κ2) is 5.24. The third-order valence-corrected chi connectivity index (χ3v) is 3.72. The van der Waals surface area contributed by atoms with E-state index < -0.39 is 0 Å². The molecule has 2 rings (SSSR count). The molecule has 4 nitrogen and oxygen atoms in total. The van der Waals surface area contributed by atoms with E-state index in [1.54, 1.807) is 11.9 Å². The Morgan fingerprint density at radius 2 is 2.33 bits per heavy atom. The fourth-order valence-corrected chi connectivity index (χ4v) is 2.53. The van der Waals surface area contributed by atoms with Gasteiger partial charge in [-0.05, 0) is 24.6 Å². The molecule has 1 atom stereocenters. The van der Waals surface area contributed by atoms with Crippen molar-refractivity contribution in [3.8, 4) is 0 Å². The van der Waals surface area contributed by atoms with Crippen LogP contribution in [0, 0.1) is 0 Å². The summed E-state index contributed by atoms with van der Waals surface area (Å²) in [6.45, 7) is 0.771. The van der Waals surface area contributed by atoms with Crippen LogP contribution in [0.1, 0.15) is 12.0 Å². The zero-order valence-corrected chi connectivity index (χ0v) is 12.3. The number of carbonyl (C=O) groups is 1. The van der Waals surface area contributed by atoms with Gasteiger partial charge in [-0.2, -0.15) is 0 Å². The van der Waals surface area contributed by atoms with Gasteiger partial charge in [-0.25, -0.2) is 0 Å². The van der Waals surface area contributed by atoms with Gasteiger partial charge in [-0.3, -0.25) is 4.79 Å². The van der Waals surface area contributed by atoms with Gasteiger partial charge >= 0.3 is 0 Å². The van der Waals surface area contributed by atoms with Gasteiger partial charge in [0.15, 0.2) is 0 Å². The van der Waals surface area contributed by atoms with Crippen LogP contribution in [-0.4, -0.2) is 35.4 Å². The standard InChI is InChI=1S/C12H14BrN3OS/c1-16-5-4-9(12(16)17)15-10-6-7(13)2-3-8(10)11(14)18/h2-3,6,9,15H,4-5H2,1H3,(H2,14,18). The van der Waals surface area contributed by atoms with Crippen molar-refractivity contribution in [2.75, 3.05) is 18.9 Å². The van der Waals surface area contributed by atoms with Gasteiger partial charge in [-0.1, -0.05) is 28.1 Å². The fraction of sp³-hybridized carbons (Fsp3) is 0.333. The molecule has 3 N–H and O–H groups in total. The number of likely N-dealkylation sites (tertiary alicyclic amines) is 1. The molecule has 18 heavy (non-hydrogen) atoms. The molecule has 1 unspecified atom stereocenters. The van der Waals surface area contributed by atoms with Gasteiger partial charge in [0.2, 0.25) is 5.91 Å². The van der Waals surface area contributed by atoms with E-state index in [1.165, 1.54) is 0 Å². The lowest BCUT2D eigenvalue weighted by Gasteiger charge is -2.16. The van der Waals surface area contributed by atoms with Crippen LogP contribution in [0.2, 0.25) is 0 Å². The number of thiocarbonyl (C=S) groups is 1. The molecule has 0 aromatic heterocycles. The number of hydrogen-bond donors (Lipinski definition) is 2. The first-order chi connectivity index (χ1) is 8.49. The van der Waals surface area contributed by atoms with Crippen LogP contribution in [0.5, 0.6) is 0 Å². The topological polar surface area (TPSA) is 58.4 Å². The second-order valence-electron chi connectivity index (χ2n) is 4.30. The van der Waals surface area contributed by atoms with E-state index in [2.05, 4.69) is 21.2 Å². The van der Waals surface area contributed by atoms with Gasteiger partial charge < -0.3 is 16.0 Å². The summed E-state index contributed by atoms with van der Waals surface area (Å²) in [5, 5.41) is 3.22. The summed E-state index contributed by atoms with van der Waals surface area (Å²) in [6.07, 6.45) is 0.790. The monoisotopic (exact) mass is 327 g/mol. The number of amides is 1. The van der Waals surface area contributed by atoms with Crippen molar-refractivity contribution < 1.29 is 4.79 Å². The highest BCUT2D eigenvalue weighted by atomic mass is 79.9. The Labute approximate surface area is 120 Å². The summed E-state index contributed by atoms with van der Waals surface area (Å²) in [4.78, 5) is 13.9. The fourth-order valence-electron chi connectivity index (χ4n) is 1.99. The summed E-state index contributed by atoms with van der Waals surface area (Å²) in [5.41, 5.74) is 7.24. The Hall–Kier alpha value is -1.14. The molecule has 0 saturated carbocycles. The van der Waals surface area contributed by atoms with E-state index >= 15 is 0 Å². The molecule has 96 valence electrons. The van der Waals surface area contributed by atoms with Gasteiger partial charge in [0, 0.05) is 29.3 Å². The number of halogens is 1. The normalized spacial score (nSPS) is 19.1. The van der Waals surface area contributed by atoms with Crippen LogP contribution in [0.3, 0.4) is 0 Å². The average Bonchev–Trinajstić information content (AvgIpc) is 2.61. The number of rotatable bonds is 3. The first-order valence-electron chi connectivity index (χ1n) is 5.60. The number of anilines is 1. The van der Waals surface area contributed by atoms with Crippen molar-refractivity contribution in [2.45, 2.75) is 12.5 Å². The van der Waals surface area contributed by atoms with Gasteiger partial charge in [0.05, 0.1) is 0 Å². The first kappa shape index (κ1) is 13.3. The average molecular weight is 328 g/mol. The number of carbonyl (C=O) groups excluding carboxylic acids is 1. The molecule has 1 aromatic rings. The quantitative estimate of drug-likeness (QED) is 0.830. The lowest BCUT2D eigenvalue weighted by atomic mass is 10.1. The Bertz CT molecular complexity index is 506. The minimum Gasteiger partial charge on any atom is -0.389 e. The Morgan fingerprint density at radius 1 is 1.61 bits per heavy atom. The summed E-state index contributed by atoms with van der Waals surface area (Å²) in [7, 11) is 1.80. The third kappa shape index (κ3) is 2.64. The van der Waals surface area contributed by atoms with E-state index in [0.29, 0.717) is 4.99 Å². The van der Waals surface area contributed by atoms with Crippen LogP contribution in [-0.2, 0) is 4.79 Å². The van der Waals surface area contributed by atoms with Gasteiger partial charge in [0.25, 0.3) is 0 Å². The molecule has 0 aliphatic carbocycles. The van der Waals surface area contributed by atoms with E-state index in [1.807, 2.05) is 18.2 Å². The van der Waals surface area contributed by atoms with Crippen molar-refractivity contribution in [1.29, 1.82) is 0 Å². The van der Waals surface area contributed by atoms with Gasteiger partial charge in [0.1, 0.15) is 11.0 Å². The smallest absolute Gasteiger partial charge is 0.244 e. The second-order valence-corrected chi connectivity index (χ2v) is 5.66. The van der Waals surface area contributed by atoms with Crippen molar-refractivity contribution in [2.24, 2.45) is 5.73 Å². The molecule has 1 aliphatic heterocycles. The Balaban J connectivity index is 2.25. The Morgan fingerprint density at radius 3 is 2.89 bits per heavy atom. The number of nitrogens with one attached hydrogen (secondary N) is 1. The highest BCUT2D eigenvalue weighted by Crippen LogP contribution is 2.24. The molecular weight excluding hydrogens is 314 g/mol. The van der Waals surface area contributed by atoms with Gasteiger partial charge in [-0.15, -0.1) is 0 Å². The van der Waals surface area contributed by atoms with E-state index in [4.69, 9.17) is 18.0 Å². The van der Waals surface area contributed by atoms with E-state index in [0.717, 1.165) is 28.7 Å². The molecule has 1 aromatic carbocycles. The van der Waals surface area contributed by atoms with Crippen molar-refractivity contribution in [3.63, 3.8) is 0 Å². The summed E-state index contributed by atoms with van der Waals surface area (Å²) in [5.74, 6) is 0.101. The molecule has 1 saturated heterocycles. The maximum atomic E-state index is 11.9. The zero-order valence-electron chi connectivity index (χ0n) is 9.94. The molecule has 0 spiro atoms. The SMILES string of the molecule is CN1CCC(Nc2cc(Br)ccc2C(N)=S)C1=O. The molecule has 1 amide bonds. The van der Waals surface area contributed by atoms with E-state index in [-0.39, 0.29) is 11.9 Å². The van der Waals surface area contributed by atoms with Crippen LogP contribution in [0.4, 0.5) is 5.69 Å². The number of nitrogens with zero attached hydrogens (tertiary/aromatic N) is 1. The molecule has 1 heterocycles. The molecule has 0 bridgehead atoms. The predicted octanol–water partition coefficient (Wildman–Crippen LogP) is 1.73. The van der Waals surface area contributed by atoms with Crippen LogP contribution in [0.15, 0.2) is 22.7 Å². The lowest BCUT2D eigenvalue weighted by molar-refractivity contribution is -0.127. The van der Waals surface area contributed by atoms with Crippen LogP contribution < -0.4 is 11.1 Å². The Kier molecular flexibility index (Phi) is 3.87. The molecule has 1 aliphatic rings. The third-order valence-electron chi connectivity index (χ3n) is 3.00. The zero-order chi connectivity index (χ0) is 13.3. The summed E-state index contributed by atoms with van der Waals surface area (Å²) >= 11 is 8.42. The highest BCUT2D eigenvalue weighted by Gasteiger charge is 2.29. The first-order valence-corrected chi connectivity index (χ1v) is 6.80.